The third-order valence-corrected chi connectivity index (χ3v) is 2.03. The van der Waals surface area contributed by atoms with Crippen LogP contribution in [-0.2, 0) is 0 Å². The van der Waals surface area contributed by atoms with Crippen LogP contribution in [0.3, 0.4) is 0 Å². The highest BCUT2D eigenvalue weighted by molar-refractivity contribution is 9.10. The van der Waals surface area contributed by atoms with E-state index in [1.807, 2.05) is 0 Å². The van der Waals surface area contributed by atoms with Gasteiger partial charge in [-0.05, 0) is 18.2 Å². The maximum absolute atomic E-state index is 11.1. The molecule has 1 aromatic rings. The average molecular weight is 249 g/mol. The Bertz CT molecular complexity index is 294. The minimum atomic E-state index is -0.141. The zero-order chi connectivity index (χ0) is 9.14. The van der Waals surface area contributed by atoms with E-state index in [4.69, 9.17) is 11.6 Å². The van der Waals surface area contributed by atoms with E-state index in [2.05, 4.69) is 21.2 Å². The molecule has 1 N–H and O–H groups in total. The summed E-state index contributed by atoms with van der Waals surface area (Å²) in [5.74, 6) is -0.141. The van der Waals surface area contributed by atoms with Gasteiger partial charge in [0.15, 0.2) is 0 Å². The zero-order valence-corrected chi connectivity index (χ0v) is 8.74. The molecule has 1 rings (SSSR count). The van der Waals surface area contributed by atoms with Crippen LogP contribution in [0.25, 0.3) is 0 Å². The Kier molecular flexibility index (Phi) is 3.12. The molecule has 0 saturated heterocycles. The average Bonchev–Trinajstić information content (AvgIpc) is 2.01. The van der Waals surface area contributed by atoms with Crippen LogP contribution in [0.5, 0.6) is 0 Å². The molecule has 64 valence electrons. The van der Waals surface area contributed by atoms with Gasteiger partial charge in [-0.15, -0.1) is 0 Å². The second-order valence-corrected chi connectivity index (χ2v) is 3.59. The number of nitrogens with one attached hydrogen (secondary N) is 1. The predicted octanol–water partition coefficient (Wildman–Crippen LogP) is 2.46. The molecule has 0 aromatic heterocycles. The van der Waals surface area contributed by atoms with Crippen molar-refractivity contribution in [2.24, 2.45) is 0 Å². The van der Waals surface area contributed by atoms with Crippen molar-refractivity contribution in [1.82, 2.24) is 5.32 Å². The van der Waals surface area contributed by atoms with E-state index in [0.717, 1.165) is 4.47 Å². The first kappa shape index (κ1) is 9.55. The normalized spacial score (nSPS) is 9.58. The van der Waals surface area contributed by atoms with E-state index in [-0.39, 0.29) is 5.91 Å². The summed E-state index contributed by atoms with van der Waals surface area (Å²) >= 11 is 8.99. The fourth-order valence-corrected chi connectivity index (χ4v) is 1.69. The Hall–Kier alpha value is -0.540. The van der Waals surface area contributed by atoms with Gasteiger partial charge in [-0.1, -0.05) is 27.5 Å². The second kappa shape index (κ2) is 3.92. The van der Waals surface area contributed by atoms with Gasteiger partial charge in [0.1, 0.15) is 0 Å². The molecule has 0 spiro atoms. The highest BCUT2D eigenvalue weighted by Gasteiger charge is 2.04. The first-order valence-corrected chi connectivity index (χ1v) is 4.49. The molecule has 0 fully saturated rings. The van der Waals surface area contributed by atoms with Crippen LogP contribution in [0, 0.1) is 0 Å². The summed E-state index contributed by atoms with van der Waals surface area (Å²) in [6, 6.07) is 5.06. The smallest absolute Gasteiger partial charge is 0.251 e. The van der Waals surface area contributed by atoms with Gasteiger partial charge in [0.2, 0.25) is 0 Å². The molecule has 0 radical (unpaired) electrons. The third-order valence-electron chi connectivity index (χ3n) is 1.35. The molecular weight excluding hydrogens is 241 g/mol. The maximum atomic E-state index is 11.1. The van der Waals surface area contributed by atoms with Gasteiger partial charge in [0.05, 0.1) is 0 Å². The summed E-state index contributed by atoms with van der Waals surface area (Å²) in [6.07, 6.45) is 0. The molecule has 4 heteroatoms. The molecular formula is C8H7BrClNO. The lowest BCUT2D eigenvalue weighted by molar-refractivity contribution is 0.0963. The fourth-order valence-electron chi connectivity index (χ4n) is 0.829. The van der Waals surface area contributed by atoms with Crippen LogP contribution < -0.4 is 5.32 Å². The molecule has 0 aliphatic rings. The highest BCUT2D eigenvalue weighted by atomic mass is 79.9. The minimum absolute atomic E-state index is 0.141. The van der Waals surface area contributed by atoms with E-state index in [1.54, 1.807) is 25.2 Å². The Balaban J connectivity index is 3.08. The summed E-state index contributed by atoms with van der Waals surface area (Å²) in [6.45, 7) is 0. The molecule has 1 amide bonds. The molecule has 0 unspecified atom stereocenters. The molecule has 2 nitrogen and oxygen atoms in total. The predicted molar refractivity (Wildman–Crippen MR) is 52.5 cm³/mol. The molecule has 0 heterocycles. The number of hydrogen-bond acceptors (Lipinski definition) is 1. The van der Waals surface area contributed by atoms with Crippen molar-refractivity contribution in [1.29, 1.82) is 0 Å². The molecule has 1 aromatic carbocycles. The largest absolute Gasteiger partial charge is 0.355 e. The van der Waals surface area contributed by atoms with Gasteiger partial charge in [-0.25, -0.2) is 0 Å². The van der Waals surface area contributed by atoms with Gasteiger partial charge >= 0.3 is 0 Å². The van der Waals surface area contributed by atoms with Crippen molar-refractivity contribution in [3.05, 3.63) is 33.3 Å². The Labute approximate surface area is 84.0 Å². The lowest BCUT2D eigenvalue weighted by Crippen LogP contribution is -2.17. The van der Waals surface area contributed by atoms with Gasteiger partial charge in [-0.3, -0.25) is 4.79 Å². The molecule has 0 atom stereocenters. The van der Waals surface area contributed by atoms with Crippen molar-refractivity contribution in [3.63, 3.8) is 0 Å². The van der Waals surface area contributed by atoms with Crippen LogP contribution in [0.2, 0.25) is 5.02 Å². The molecule has 0 aliphatic heterocycles. The molecule has 12 heavy (non-hydrogen) atoms. The summed E-state index contributed by atoms with van der Waals surface area (Å²) in [4.78, 5) is 11.1. The van der Waals surface area contributed by atoms with E-state index in [1.165, 1.54) is 0 Å². The summed E-state index contributed by atoms with van der Waals surface area (Å²) in [5.41, 5.74) is 0.553. The van der Waals surface area contributed by atoms with Crippen LogP contribution >= 0.6 is 27.5 Å². The fraction of sp³-hybridized carbons (Fsp3) is 0.125. The van der Waals surface area contributed by atoms with Crippen LogP contribution in [0.4, 0.5) is 0 Å². The van der Waals surface area contributed by atoms with Crippen LogP contribution in [0.1, 0.15) is 10.4 Å². The molecule has 0 aliphatic carbocycles. The minimum Gasteiger partial charge on any atom is -0.355 e. The highest BCUT2D eigenvalue weighted by Crippen LogP contribution is 2.19. The van der Waals surface area contributed by atoms with Crippen LogP contribution in [0.15, 0.2) is 22.7 Å². The second-order valence-electron chi connectivity index (χ2n) is 2.24. The summed E-state index contributed by atoms with van der Waals surface area (Å²) < 4.78 is 0.800. The topological polar surface area (TPSA) is 29.1 Å². The monoisotopic (exact) mass is 247 g/mol. The lowest BCUT2D eigenvalue weighted by Gasteiger charge is -2.00. The van der Waals surface area contributed by atoms with Crippen molar-refractivity contribution >= 4 is 33.4 Å². The molecule has 0 saturated carbocycles. The van der Waals surface area contributed by atoms with Gasteiger partial charge < -0.3 is 5.32 Å². The number of hydrogen-bond donors (Lipinski definition) is 1. The number of rotatable bonds is 1. The number of carbonyl (C=O) groups excluding carboxylic acids is 1. The summed E-state index contributed by atoms with van der Waals surface area (Å²) in [7, 11) is 1.58. The van der Waals surface area contributed by atoms with E-state index >= 15 is 0 Å². The number of carbonyl (C=O) groups is 1. The summed E-state index contributed by atoms with van der Waals surface area (Å²) in [5, 5.41) is 3.06. The van der Waals surface area contributed by atoms with Crippen LogP contribution in [-0.4, -0.2) is 13.0 Å². The lowest BCUT2D eigenvalue weighted by atomic mass is 10.2. The van der Waals surface area contributed by atoms with E-state index < -0.39 is 0 Å². The number of halogens is 2. The van der Waals surface area contributed by atoms with Gasteiger partial charge in [0, 0.05) is 22.1 Å². The van der Waals surface area contributed by atoms with Gasteiger partial charge in [-0.2, -0.15) is 0 Å². The first-order valence-electron chi connectivity index (χ1n) is 3.31. The van der Waals surface area contributed by atoms with Crippen molar-refractivity contribution in [2.45, 2.75) is 0 Å². The maximum Gasteiger partial charge on any atom is 0.251 e. The SMILES string of the molecule is CNC(=O)c1cc(Cl)cc(Br)c1. The quantitative estimate of drug-likeness (QED) is 0.813. The van der Waals surface area contributed by atoms with Crippen molar-refractivity contribution in [2.75, 3.05) is 7.05 Å². The Morgan fingerprint density at radius 2 is 2.17 bits per heavy atom. The Morgan fingerprint density at radius 3 is 2.67 bits per heavy atom. The van der Waals surface area contributed by atoms with Gasteiger partial charge in [0.25, 0.3) is 5.91 Å². The zero-order valence-electron chi connectivity index (χ0n) is 6.40. The van der Waals surface area contributed by atoms with Crippen molar-refractivity contribution in [3.8, 4) is 0 Å². The van der Waals surface area contributed by atoms with E-state index in [9.17, 15) is 4.79 Å². The van der Waals surface area contributed by atoms with Crippen molar-refractivity contribution < 1.29 is 4.79 Å². The molecule has 0 bridgehead atoms. The number of benzene rings is 1. The van der Waals surface area contributed by atoms with E-state index in [0.29, 0.717) is 10.6 Å². The first-order chi connectivity index (χ1) is 5.63. The number of amides is 1. The standard InChI is InChI=1S/C8H7BrClNO/c1-11-8(12)5-2-6(9)4-7(10)3-5/h2-4H,1H3,(H,11,12). The Morgan fingerprint density at radius 1 is 1.50 bits per heavy atom. The third kappa shape index (κ3) is 2.22.